The summed E-state index contributed by atoms with van der Waals surface area (Å²) in [6, 6.07) is -1.27. The van der Waals surface area contributed by atoms with E-state index in [0.717, 1.165) is 31.6 Å². The lowest BCUT2D eigenvalue weighted by molar-refractivity contribution is -0.204. The average Bonchev–Trinajstić information content (AvgIpc) is 3.50. The molecule has 1 saturated heterocycles. The Morgan fingerprint density at radius 1 is 0.932 bits per heavy atom. The number of carbonyl (C=O) groups is 2. The molecule has 248 valence electrons. The molecule has 2 aromatic rings. The number of rotatable bonds is 20. The van der Waals surface area contributed by atoms with E-state index in [0.29, 0.717) is 17.6 Å². The van der Waals surface area contributed by atoms with E-state index in [9.17, 15) is 30.0 Å². The molecule has 0 aliphatic carbocycles. The van der Waals surface area contributed by atoms with Gasteiger partial charge in [-0.1, -0.05) is 78.1 Å². The Balaban J connectivity index is 1.35. The lowest BCUT2D eigenvalue weighted by atomic mass is 9.92. The van der Waals surface area contributed by atoms with E-state index in [4.69, 9.17) is 4.74 Å². The van der Waals surface area contributed by atoms with Crippen molar-refractivity contribution < 1.29 is 34.8 Å². The van der Waals surface area contributed by atoms with Crippen molar-refractivity contribution in [3.05, 3.63) is 12.7 Å². The van der Waals surface area contributed by atoms with Gasteiger partial charge in [-0.15, -0.1) is 0 Å². The highest BCUT2D eigenvalue weighted by Gasteiger charge is 2.48. The monoisotopic (exact) mass is 621 g/mol. The van der Waals surface area contributed by atoms with Crippen LogP contribution in [0.25, 0.3) is 11.2 Å². The van der Waals surface area contributed by atoms with Crippen molar-refractivity contribution in [3.63, 3.8) is 0 Å². The Labute approximate surface area is 258 Å². The summed E-state index contributed by atoms with van der Waals surface area (Å²) in [6.07, 6.45) is 8.79. The summed E-state index contributed by atoms with van der Waals surface area (Å²) in [4.78, 5) is 39.9. The van der Waals surface area contributed by atoms with Gasteiger partial charge < -0.3 is 46.1 Å². The number of nitrogens with zero attached hydrogens (tertiary/aromatic N) is 3. The second-order valence-corrected chi connectivity index (χ2v) is 12.1. The van der Waals surface area contributed by atoms with E-state index in [1.807, 2.05) is 0 Å². The number of nitrogens with one attached hydrogen (secondary N) is 4. The van der Waals surface area contributed by atoms with Crippen LogP contribution in [0.15, 0.2) is 12.7 Å². The maximum Gasteiger partial charge on any atom is 0.239 e. The molecule has 44 heavy (non-hydrogen) atoms. The molecule has 0 spiro atoms. The van der Waals surface area contributed by atoms with Crippen molar-refractivity contribution in [2.24, 2.45) is 5.92 Å². The zero-order chi connectivity index (χ0) is 31.9. The Morgan fingerprint density at radius 2 is 1.59 bits per heavy atom. The van der Waals surface area contributed by atoms with Crippen LogP contribution in [-0.2, 0) is 14.3 Å². The largest absolute Gasteiger partial charge is 0.394 e. The summed E-state index contributed by atoms with van der Waals surface area (Å²) >= 11 is 0. The number of aromatic nitrogens is 4. The van der Waals surface area contributed by atoms with E-state index in [1.54, 1.807) is 0 Å². The maximum absolute atomic E-state index is 12.6. The quantitative estimate of drug-likeness (QED) is 0.0992. The molecule has 0 bridgehead atoms. The maximum atomic E-state index is 12.6. The number of hydrogen-bond acceptors (Lipinski definition) is 11. The minimum absolute atomic E-state index is 0.231. The predicted molar refractivity (Wildman–Crippen MR) is 164 cm³/mol. The number of anilines is 1. The molecule has 2 amide bonds. The zero-order valence-electron chi connectivity index (χ0n) is 26.0. The molecule has 14 nitrogen and oxygen atoms in total. The van der Waals surface area contributed by atoms with Crippen LogP contribution in [0, 0.1) is 5.92 Å². The molecule has 1 fully saturated rings. The first kappa shape index (κ1) is 35.6. The van der Waals surface area contributed by atoms with Gasteiger partial charge in [0.25, 0.3) is 0 Å². The molecule has 3 heterocycles. The van der Waals surface area contributed by atoms with Crippen molar-refractivity contribution in [2.75, 3.05) is 18.5 Å². The lowest BCUT2D eigenvalue weighted by Gasteiger charge is -2.44. The average molecular weight is 622 g/mol. The molecule has 14 heteroatoms. The van der Waals surface area contributed by atoms with Crippen molar-refractivity contribution in [1.29, 1.82) is 0 Å². The van der Waals surface area contributed by atoms with Crippen LogP contribution in [0.1, 0.15) is 90.9 Å². The van der Waals surface area contributed by atoms with Crippen LogP contribution in [0.4, 0.5) is 5.82 Å². The molecular weight excluding hydrogens is 570 g/mol. The topological polar surface area (TPSA) is 215 Å². The fraction of sp³-hybridized carbons (Fsp3) is 0.767. The summed E-state index contributed by atoms with van der Waals surface area (Å²) in [5.74, 6) is 0.126. The third-order valence-corrected chi connectivity index (χ3v) is 7.96. The molecule has 0 radical (unpaired) electrons. The molecule has 6 atom stereocenters. The van der Waals surface area contributed by atoms with Crippen LogP contribution in [0.2, 0.25) is 0 Å². The number of amides is 2. The minimum Gasteiger partial charge on any atom is -0.394 e. The van der Waals surface area contributed by atoms with Crippen molar-refractivity contribution in [1.82, 2.24) is 30.6 Å². The number of aromatic amines is 1. The van der Waals surface area contributed by atoms with Crippen LogP contribution < -0.4 is 16.0 Å². The SMILES string of the molecule is CC(C)CCCCCCCCCCCCC(=O)NCC(=O)N[C@@H]1[C@@H](O)[C@H](O)[C@@H](Nc2ncnc3nc[nH]c23)O[C@H]1[C@@H](O)CO. The highest BCUT2D eigenvalue weighted by atomic mass is 16.5. The van der Waals surface area contributed by atoms with Gasteiger partial charge in [-0.05, 0) is 12.3 Å². The summed E-state index contributed by atoms with van der Waals surface area (Å²) in [7, 11) is 0. The number of hydrogen-bond donors (Lipinski definition) is 8. The second-order valence-electron chi connectivity index (χ2n) is 12.1. The Morgan fingerprint density at radius 3 is 2.25 bits per heavy atom. The highest BCUT2D eigenvalue weighted by Crippen LogP contribution is 2.26. The van der Waals surface area contributed by atoms with Crippen LogP contribution >= 0.6 is 0 Å². The predicted octanol–water partition coefficient (Wildman–Crippen LogP) is 1.50. The normalized spacial score (nSPS) is 22.7. The third kappa shape index (κ3) is 11.2. The van der Waals surface area contributed by atoms with Gasteiger partial charge in [-0.25, -0.2) is 15.0 Å². The number of aliphatic hydroxyl groups excluding tert-OH is 4. The van der Waals surface area contributed by atoms with Crippen molar-refractivity contribution in [3.8, 4) is 0 Å². The number of ether oxygens (including phenoxy) is 1. The van der Waals surface area contributed by atoms with Gasteiger partial charge in [0, 0.05) is 6.42 Å². The van der Waals surface area contributed by atoms with Crippen LogP contribution in [0.3, 0.4) is 0 Å². The van der Waals surface area contributed by atoms with Crippen molar-refractivity contribution >= 4 is 28.8 Å². The summed E-state index contributed by atoms with van der Waals surface area (Å²) in [5.41, 5.74) is 0.794. The van der Waals surface area contributed by atoms with E-state index in [2.05, 4.69) is 49.7 Å². The number of aliphatic hydroxyl groups is 4. The van der Waals surface area contributed by atoms with Gasteiger partial charge >= 0.3 is 0 Å². The highest BCUT2D eigenvalue weighted by molar-refractivity contribution is 5.85. The fourth-order valence-corrected chi connectivity index (χ4v) is 5.41. The summed E-state index contributed by atoms with van der Waals surface area (Å²) < 4.78 is 5.79. The van der Waals surface area contributed by atoms with Gasteiger partial charge in [0.2, 0.25) is 11.8 Å². The molecule has 2 aromatic heterocycles. The summed E-state index contributed by atoms with van der Waals surface area (Å²) in [6.45, 7) is 3.47. The number of carbonyl (C=O) groups excluding carboxylic acids is 2. The molecule has 0 unspecified atom stereocenters. The van der Waals surface area contributed by atoms with E-state index in [1.165, 1.54) is 57.6 Å². The van der Waals surface area contributed by atoms with Gasteiger partial charge in [0.1, 0.15) is 36.3 Å². The Hall–Kier alpha value is -2.91. The van der Waals surface area contributed by atoms with Gasteiger partial charge in [-0.3, -0.25) is 9.59 Å². The first-order valence-electron chi connectivity index (χ1n) is 16.0. The minimum atomic E-state index is -1.59. The third-order valence-electron chi connectivity index (χ3n) is 7.96. The molecule has 0 aromatic carbocycles. The molecule has 1 aliphatic rings. The standard InChI is InChI=1S/C30H51N7O7/c1-19(2)13-11-9-7-5-3-4-6-8-10-12-14-21(40)31-15-22(41)36-23-25(42)26(43)30(44-27(23)20(39)16-38)37-29-24-28(33-17-32-24)34-18-35-29/h17-20,23,25-27,30,38-39,42-43H,3-16H2,1-2H3,(H,31,40)(H,36,41)(H2,32,33,34,35,37)/t20-,23+,25+,26-,27-,30-/m0/s1. The van der Waals surface area contributed by atoms with E-state index < -0.39 is 49.2 Å². The van der Waals surface area contributed by atoms with Gasteiger partial charge in [-0.2, -0.15) is 0 Å². The van der Waals surface area contributed by atoms with Crippen molar-refractivity contribution in [2.45, 2.75) is 128 Å². The molecule has 0 saturated carbocycles. The van der Waals surface area contributed by atoms with Gasteiger partial charge in [0.05, 0.1) is 25.5 Å². The van der Waals surface area contributed by atoms with Crippen LogP contribution in [0.5, 0.6) is 0 Å². The first-order valence-corrected chi connectivity index (χ1v) is 16.0. The molecular formula is C30H51N7O7. The summed E-state index contributed by atoms with van der Waals surface area (Å²) in [5, 5.41) is 49.6. The zero-order valence-corrected chi connectivity index (χ0v) is 26.0. The smallest absolute Gasteiger partial charge is 0.239 e. The number of fused-ring (bicyclic) bond motifs is 1. The molecule has 3 rings (SSSR count). The Kier molecular flexibility index (Phi) is 15.2. The number of H-pyrrole nitrogens is 1. The second kappa shape index (κ2) is 18.8. The number of unbranched alkanes of at least 4 members (excludes halogenated alkanes) is 9. The molecule has 8 N–H and O–H groups in total. The lowest BCUT2D eigenvalue weighted by Crippen LogP contribution is -2.68. The van der Waals surface area contributed by atoms with Crippen LogP contribution in [-0.4, -0.2) is 102 Å². The van der Waals surface area contributed by atoms with E-state index >= 15 is 0 Å². The van der Waals surface area contributed by atoms with E-state index in [-0.39, 0.29) is 18.3 Å². The first-order chi connectivity index (χ1) is 21.2. The van der Waals surface area contributed by atoms with Gasteiger partial charge in [0.15, 0.2) is 17.7 Å². The molecule has 1 aliphatic heterocycles. The Bertz CT molecular complexity index is 1130. The fourth-order valence-electron chi connectivity index (χ4n) is 5.41. The number of imidazole rings is 1.